The molecule has 0 aliphatic heterocycles. The van der Waals surface area contributed by atoms with E-state index in [1.54, 1.807) is 33.9 Å². The molecule has 6 nitrogen and oxygen atoms in total. The Morgan fingerprint density at radius 2 is 1.67 bits per heavy atom. The standard InChI is InChI=1S/C18H9Cl3N6/c19-11-2-4-12(5-3-11)27-17-13(8-23-27)18-24-16(25-26(18)9-22-17)10-1-6-14(20)15(21)7-10/h1-9H. The van der Waals surface area contributed by atoms with Gasteiger partial charge in [-0.15, -0.1) is 5.10 Å². The Labute approximate surface area is 167 Å². The maximum Gasteiger partial charge on any atom is 0.182 e. The van der Waals surface area contributed by atoms with Crippen LogP contribution in [0.25, 0.3) is 33.8 Å². The van der Waals surface area contributed by atoms with E-state index in [9.17, 15) is 0 Å². The lowest BCUT2D eigenvalue weighted by atomic mass is 10.2. The van der Waals surface area contributed by atoms with Crippen LogP contribution in [0.1, 0.15) is 0 Å². The highest BCUT2D eigenvalue weighted by Crippen LogP contribution is 2.28. The number of fused-ring (bicyclic) bond motifs is 3. The molecule has 5 aromatic rings. The van der Waals surface area contributed by atoms with Gasteiger partial charge in [0.25, 0.3) is 0 Å². The summed E-state index contributed by atoms with van der Waals surface area (Å²) in [5, 5.41) is 11.3. The smallest absolute Gasteiger partial charge is 0.182 e. The average Bonchev–Trinajstić information content (AvgIpc) is 3.28. The number of aromatic nitrogens is 6. The van der Waals surface area contributed by atoms with Crippen LogP contribution in [0.3, 0.4) is 0 Å². The summed E-state index contributed by atoms with van der Waals surface area (Å²) in [5.41, 5.74) is 2.96. The second-order valence-electron chi connectivity index (χ2n) is 5.85. The maximum atomic E-state index is 6.11. The molecule has 0 amide bonds. The van der Waals surface area contributed by atoms with Gasteiger partial charge in [-0.2, -0.15) is 5.10 Å². The first-order valence-electron chi connectivity index (χ1n) is 7.90. The van der Waals surface area contributed by atoms with Crippen molar-refractivity contribution in [1.29, 1.82) is 0 Å². The zero-order valence-corrected chi connectivity index (χ0v) is 15.8. The molecule has 2 aromatic carbocycles. The van der Waals surface area contributed by atoms with Crippen molar-refractivity contribution in [2.45, 2.75) is 0 Å². The first kappa shape index (κ1) is 16.5. The Morgan fingerprint density at radius 1 is 0.852 bits per heavy atom. The van der Waals surface area contributed by atoms with Crippen molar-refractivity contribution in [2.24, 2.45) is 0 Å². The van der Waals surface area contributed by atoms with Crippen molar-refractivity contribution < 1.29 is 0 Å². The minimum Gasteiger partial charge on any atom is -0.216 e. The number of hydrogen-bond donors (Lipinski definition) is 0. The number of halogens is 3. The third-order valence-corrected chi connectivity index (χ3v) is 5.15. The second-order valence-corrected chi connectivity index (χ2v) is 7.10. The molecule has 0 saturated carbocycles. The van der Waals surface area contributed by atoms with Gasteiger partial charge in [0.15, 0.2) is 17.1 Å². The summed E-state index contributed by atoms with van der Waals surface area (Å²) < 4.78 is 3.35. The molecule has 3 heterocycles. The minimum absolute atomic E-state index is 0.451. The summed E-state index contributed by atoms with van der Waals surface area (Å²) in [4.78, 5) is 9.13. The first-order valence-corrected chi connectivity index (χ1v) is 9.04. The lowest BCUT2D eigenvalue weighted by Gasteiger charge is -2.02. The molecule has 0 bridgehead atoms. The largest absolute Gasteiger partial charge is 0.216 e. The van der Waals surface area contributed by atoms with Crippen LogP contribution in [0, 0.1) is 0 Å². The molecular weight excluding hydrogens is 407 g/mol. The van der Waals surface area contributed by atoms with Crippen LogP contribution in [0.4, 0.5) is 0 Å². The Kier molecular flexibility index (Phi) is 3.79. The van der Waals surface area contributed by atoms with Gasteiger partial charge in [-0.3, -0.25) is 0 Å². The SMILES string of the molecule is Clc1ccc(-n2ncc3c2ncn2nc(-c4ccc(Cl)c(Cl)c4)nc32)cc1. The predicted molar refractivity (Wildman–Crippen MR) is 106 cm³/mol. The van der Waals surface area contributed by atoms with Crippen LogP contribution < -0.4 is 0 Å². The van der Waals surface area contributed by atoms with Crippen LogP contribution in [0.15, 0.2) is 55.0 Å². The molecule has 0 atom stereocenters. The van der Waals surface area contributed by atoms with Gasteiger partial charge in [0, 0.05) is 10.6 Å². The van der Waals surface area contributed by atoms with Crippen LogP contribution in [-0.2, 0) is 0 Å². The van der Waals surface area contributed by atoms with E-state index in [0.29, 0.717) is 32.2 Å². The normalized spacial score (nSPS) is 11.5. The molecule has 0 saturated heterocycles. The van der Waals surface area contributed by atoms with Gasteiger partial charge in [0.2, 0.25) is 0 Å². The van der Waals surface area contributed by atoms with E-state index >= 15 is 0 Å². The molecule has 0 N–H and O–H groups in total. The topological polar surface area (TPSA) is 60.9 Å². The Morgan fingerprint density at radius 3 is 2.44 bits per heavy atom. The average molecular weight is 416 g/mol. The fourth-order valence-corrected chi connectivity index (χ4v) is 3.27. The summed E-state index contributed by atoms with van der Waals surface area (Å²) in [6.45, 7) is 0. The monoisotopic (exact) mass is 414 g/mol. The van der Waals surface area contributed by atoms with Crippen molar-refractivity contribution in [3.05, 3.63) is 70.1 Å². The summed E-state index contributed by atoms with van der Waals surface area (Å²) in [6, 6.07) is 12.7. The van der Waals surface area contributed by atoms with Gasteiger partial charge in [0.05, 0.1) is 27.3 Å². The van der Waals surface area contributed by atoms with E-state index in [1.807, 2.05) is 30.3 Å². The van der Waals surface area contributed by atoms with E-state index in [-0.39, 0.29) is 0 Å². The molecule has 132 valence electrons. The van der Waals surface area contributed by atoms with Crippen LogP contribution in [0.2, 0.25) is 15.1 Å². The molecule has 0 unspecified atom stereocenters. The van der Waals surface area contributed by atoms with Crippen molar-refractivity contribution in [1.82, 2.24) is 29.4 Å². The number of hydrogen-bond acceptors (Lipinski definition) is 4. The van der Waals surface area contributed by atoms with E-state index in [1.165, 1.54) is 0 Å². The highest BCUT2D eigenvalue weighted by molar-refractivity contribution is 6.42. The molecule has 0 spiro atoms. The summed E-state index contributed by atoms with van der Waals surface area (Å²) in [7, 11) is 0. The molecule has 0 aliphatic rings. The highest BCUT2D eigenvalue weighted by atomic mass is 35.5. The zero-order valence-electron chi connectivity index (χ0n) is 13.5. The van der Waals surface area contributed by atoms with Gasteiger partial charge in [-0.1, -0.05) is 34.8 Å². The van der Waals surface area contributed by atoms with Gasteiger partial charge in [0.1, 0.15) is 6.33 Å². The maximum absolute atomic E-state index is 6.11. The molecule has 0 radical (unpaired) electrons. The van der Waals surface area contributed by atoms with Crippen LogP contribution in [0.5, 0.6) is 0 Å². The second kappa shape index (κ2) is 6.20. The van der Waals surface area contributed by atoms with Crippen molar-refractivity contribution >= 4 is 51.5 Å². The quantitative estimate of drug-likeness (QED) is 0.403. The Hall–Kier alpha value is -2.67. The van der Waals surface area contributed by atoms with E-state index < -0.39 is 0 Å². The zero-order chi connectivity index (χ0) is 18.5. The summed E-state index contributed by atoms with van der Waals surface area (Å²) >= 11 is 18.1. The van der Waals surface area contributed by atoms with Crippen molar-refractivity contribution in [2.75, 3.05) is 0 Å². The van der Waals surface area contributed by atoms with Crippen LogP contribution in [-0.4, -0.2) is 29.4 Å². The lowest BCUT2D eigenvalue weighted by molar-refractivity contribution is 0.882. The predicted octanol–water partition coefficient (Wildman–Crippen LogP) is 5.09. The number of rotatable bonds is 2. The molecule has 0 aliphatic carbocycles. The molecule has 0 fully saturated rings. The molecule has 5 rings (SSSR count). The summed E-state index contributed by atoms with van der Waals surface area (Å²) in [5.74, 6) is 0.530. The Balaban J connectivity index is 1.68. The van der Waals surface area contributed by atoms with Crippen molar-refractivity contribution in [3.63, 3.8) is 0 Å². The van der Waals surface area contributed by atoms with Crippen LogP contribution >= 0.6 is 34.8 Å². The number of nitrogens with zero attached hydrogens (tertiary/aromatic N) is 6. The molecule has 27 heavy (non-hydrogen) atoms. The highest BCUT2D eigenvalue weighted by Gasteiger charge is 2.15. The molecular formula is C18H9Cl3N6. The van der Waals surface area contributed by atoms with Gasteiger partial charge < -0.3 is 0 Å². The fraction of sp³-hybridized carbons (Fsp3) is 0. The summed E-state index contributed by atoms with van der Waals surface area (Å²) in [6.07, 6.45) is 3.33. The first-order chi connectivity index (χ1) is 13.1. The minimum atomic E-state index is 0.451. The van der Waals surface area contributed by atoms with E-state index in [0.717, 1.165) is 16.6 Å². The third kappa shape index (κ3) is 2.73. The lowest BCUT2D eigenvalue weighted by Crippen LogP contribution is -1.98. The van der Waals surface area contributed by atoms with Gasteiger partial charge in [-0.05, 0) is 42.5 Å². The van der Waals surface area contributed by atoms with E-state index in [2.05, 4.69) is 20.2 Å². The van der Waals surface area contributed by atoms with Crippen molar-refractivity contribution in [3.8, 4) is 17.1 Å². The van der Waals surface area contributed by atoms with Gasteiger partial charge >= 0.3 is 0 Å². The number of benzene rings is 2. The molecule has 9 heteroatoms. The van der Waals surface area contributed by atoms with Gasteiger partial charge in [-0.25, -0.2) is 19.2 Å². The fourth-order valence-electron chi connectivity index (χ4n) is 2.85. The third-order valence-electron chi connectivity index (χ3n) is 4.15. The van der Waals surface area contributed by atoms with E-state index in [4.69, 9.17) is 34.8 Å². The Bertz CT molecular complexity index is 1310. The molecule has 3 aromatic heterocycles.